The summed E-state index contributed by atoms with van der Waals surface area (Å²) in [6.45, 7) is 4.60. The zero-order chi connectivity index (χ0) is 14.3. The first-order valence-corrected chi connectivity index (χ1v) is 6.83. The van der Waals surface area contributed by atoms with E-state index >= 15 is 0 Å². The van der Waals surface area contributed by atoms with Crippen LogP contribution >= 0.6 is 0 Å². The smallest absolute Gasteiger partial charge is 0.360 e. The molecule has 1 aromatic heterocycles. The average molecular weight is 289 g/mol. The zero-order valence-electron chi connectivity index (χ0n) is 11.4. The number of aryl methyl sites for hydroxylation is 1. The molecular formula is C13H18F3N3O. The molecule has 0 radical (unpaired) electrons. The molecule has 2 atom stereocenters. The molecule has 2 aliphatic heterocycles. The summed E-state index contributed by atoms with van der Waals surface area (Å²) in [5.74, 6) is 1.53. The van der Waals surface area contributed by atoms with Crippen molar-refractivity contribution in [2.24, 2.45) is 11.8 Å². The normalized spacial score (nSPS) is 28.2. The third-order valence-electron chi connectivity index (χ3n) is 4.10. The first-order valence-electron chi connectivity index (χ1n) is 6.83. The van der Waals surface area contributed by atoms with Crippen molar-refractivity contribution in [3.05, 3.63) is 17.5 Å². The molecule has 20 heavy (non-hydrogen) atoms. The quantitative estimate of drug-likeness (QED) is 0.851. The number of rotatable bonds is 3. The van der Waals surface area contributed by atoms with E-state index in [1.165, 1.54) is 4.90 Å². The van der Waals surface area contributed by atoms with Gasteiger partial charge < -0.3 is 4.52 Å². The molecule has 0 aromatic carbocycles. The van der Waals surface area contributed by atoms with Gasteiger partial charge in [-0.2, -0.15) is 13.2 Å². The predicted octanol–water partition coefficient (Wildman–Crippen LogP) is 1.91. The molecule has 7 heteroatoms. The van der Waals surface area contributed by atoms with Crippen LogP contribution in [0.25, 0.3) is 0 Å². The summed E-state index contributed by atoms with van der Waals surface area (Å²) in [6.07, 6.45) is -4.09. The summed E-state index contributed by atoms with van der Waals surface area (Å²) in [5, 5.41) is 3.85. The van der Waals surface area contributed by atoms with Crippen LogP contribution < -0.4 is 0 Å². The minimum Gasteiger partial charge on any atom is -0.360 e. The summed E-state index contributed by atoms with van der Waals surface area (Å²) in [5.41, 5.74) is 0.857. The van der Waals surface area contributed by atoms with Crippen LogP contribution in [-0.4, -0.2) is 53.9 Å². The van der Waals surface area contributed by atoms with Gasteiger partial charge in [-0.3, -0.25) is 9.80 Å². The molecule has 2 unspecified atom stereocenters. The molecule has 3 rings (SSSR count). The SMILES string of the molecule is Cc1cc(CN2CC3CN(CC(F)(F)F)CC3C2)on1. The Kier molecular flexibility index (Phi) is 3.50. The van der Waals surface area contributed by atoms with Crippen molar-refractivity contribution >= 4 is 0 Å². The Balaban J connectivity index is 1.51. The number of hydrogen-bond donors (Lipinski definition) is 0. The fraction of sp³-hybridized carbons (Fsp3) is 0.769. The highest BCUT2D eigenvalue weighted by molar-refractivity contribution is 5.04. The van der Waals surface area contributed by atoms with Gasteiger partial charge in [0, 0.05) is 32.2 Å². The van der Waals surface area contributed by atoms with Crippen molar-refractivity contribution in [1.82, 2.24) is 15.0 Å². The number of aromatic nitrogens is 1. The summed E-state index contributed by atoms with van der Waals surface area (Å²) >= 11 is 0. The van der Waals surface area contributed by atoms with E-state index in [0.717, 1.165) is 24.5 Å². The van der Waals surface area contributed by atoms with Gasteiger partial charge in [0.05, 0.1) is 18.8 Å². The molecule has 0 bridgehead atoms. The third-order valence-corrected chi connectivity index (χ3v) is 4.10. The van der Waals surface area contributed by atoms with Crippen LogP contribution in [0.1, 0.15) is 11.5 Å². The fourth-order valence-electron chi connectivity index (χ4n) is 3.41. The lowest BCUT2D eigenvalue weighted by Crippen LogP contribution is -2.35. The Morgan fingerprint density at radius 3 is 2.30 bits per heavy atom. The first kappa shape index (κ1) is 13.9. The Morgan fingerprint density at radius 2 is 1.80 bits per heavy atom. The van der Waals surface area contributed by atoms with Gasteiger partial charge in [-0.05, 0) is 18.8 Å². The molecule has 0 aliphatic carbocycles. The largest absolute Gasteiger partial charge is 0.401 e. The van der Waals surface area contributed by atoms with E-state index in [1.54, 1.807) is 0 Å². The molecule has 3 heterocycles. The summed E-state index contributed by atoms with van der Waals surface area (Å²) in [6, 6.07) is 1.91. The van der Waals surface area contributed by atoms with Gasteiger partial charge in [0.25, 0.3) is 0 Å². The van der Waals surface area contributed by atoms with E-state index in [1.807, 2.05) is 13.0 Å². The number of likely N-dealkylation sites (tertiary alicyclic amines) is 2. The highest BCUT2D eigenvalue weighted by atomic mass is 19.4. The Hall–Kier alpha value is -1.08. The molecule has 2 fully saturated rings. The lowest BCUT2D eigenvalue weighted by Gasteiger charge is -2.21. The molecule has 4 nitrogen and oxygen atoms in total. The number of hydrogen-bond acceptors (Lipinski definition) is 4. The molecule has 112 valence electrons. The van der Waals surface area contributed by atoms with Crippen LogP contribution in [0.5, 0.6) is 0 Å². The lowest BCUT2D eigenvalue weighted by atomic mass is 10.0. The van der Waals surface area contributed by atoms with Crippen molar-refractivity contribution in [2.75, 3.05) is 32.7 Å². The third kappa shape index (κ3) is 3.15. The van der Waals surface area contributed by atoms with Gasteiger partial charge in [0.2, 0.25) is 0 Å². The standard InChI is InChI=1S/C13H18F3N3O/c1-9-2-12(20-17-9)7-18-3-10-5-19(6-11(10)4-18)8-13(14,15)16/h2,10-11H,3-8H2,1H3. The van der Waals surface area contributed by atoms with Crippen LogP contribution in [0.15, 0.2) is 10.6 Å². The summed E-state index contributed by atoms with van der Waals surface area (Å²) in [4.78, 5) is 3.78. The summed E-state index contributed by atoms with van der Waals surface area (Å²) < 4.78 is 42.3. The number of halogens is 3. The zero-order valence-corrected chi connectivity index (χ0v) is 11.4. The average Bonchev–Trinajstić information content (AvgIpc) is 2.92. The van der Waals surface area contributed by atoms with Crippen molar-refractivity contribution in [3.8, 4) is 0 Å². The maximum Gasteiger partial charge on any atom is 0.401 e. The molecule has 0 N–H and O–H groups in total. The minimum absolute atomic E-state index is 0.348. The summed E-state index contributed by atoms with van der Waals surface area (Å²) in [7, 11) is 0. The van der Waals surface area contributed by atoms with Gasteiger partial charge in [-0.15, -0.1) is 0 Å². The van der Waals surface area contributed by atoms with Gasteiger partial charge in [0.15, 0.2) is 5.76 Å². The van der Waals surface area contributed by atoms with Crippen molar-refractivity contribution in [3.63, 3.8) is 0 Å². The van der Waals surface area contributed by atoms with E-state index < -0.39 is 12.7 Å². The van der Waals surface area contributed by atoms with E-state index in [-0.39, 0.29) is 0 Å². The van der Waals surface area contributed by atoms with Crippen LogP contribution in [0.4, 0.5) is 13.2 Å². The minimum atomic E-state index is -4.09. The van der Waals surface area contributed by atoms with E-state index in [2.05, 4.69) is 10.1 Å². The highest BCUT2D eigenvalue weighted by Gasteiger charge is 2.43. The Labute approximate surface area is 115 Å². The topological polar surface area (TPSA) is 32.5 Å². The van der Waals surface area contributed by atoms with Gasteiger partial charge in [-0.1, -0.05) is 5.16 Å². The molecule has 1 aromatic rings. The van der Waals surface area contributed by atoms with Gasteiger partial charge >= 0.3 is 6.18 Å². The van der Waals surface area contributed by atoms with Crippen molar-refractivity contribution in [2.45, 2.75) is 19.6 Å². The molecule has 0 saturated carbocycles. The number of nitrogens with zero attached hydrogens (tertiary/aromatic N) is 3. The molecule has 0 spiro atoms. The van der Waals surface area contributed by atoms with Crippen LogP contribution in [0.2, 0.25) is 0 Å². The van der Waals surface area contributed by atoms with Gasteiger partial charge in [-0.25, -0.2) is 0 Å². The van der Waals surface area contributed by atoms with E-state index in [0.29, 0.717) is 31.5 Å². The second kappa shape index (κ2) is 5.04. The molecule has 2 aliphatic rings. The molecule has 2 saturated heterocycles. The fourth-order valence-corrected chi connectivity index (χ4v) is 3.41. The van der Waals surface area contributed by atoms with Crippen LogP contribution in [-0.2, 0) is 6.54 Å². The maximum absolute atomic E-state index is 12.4. The van der Waals surface area contributed by atoms with Crippen LogP contribution in [0.3, 0.4) is 0 Å². The Morgan fingerprint density at radius 1 is 1.20 bits per heavy atom. The second-order valence-electron chi connectivity index (χ2n) is 5.96. The molecular weight excluding hydrogens is 271 g/mol. The highest BCUT2D eigenvalue weighted by Crippen LogP contribution is 2.33. The second-order valence-corrected chi connectivity index (χ2v) is 5.96. The van der Waals surface area contributed by atoms with E-state index in [4.69, 9.17) is 4.52 Å². The van der Waals surface area contributed by atoms with E-state index in [9.17, 15) is 13.2 Å². The van der Waals surface area contributed by atoms with Crippen molar-refractivity contribution in [1.29, 1.82) is 0 Å². The first-order chi connectivity index (χ1) is 9.39. The monoisotopic (exact) mass is 289 g/mol. The molecule has 0 amide bonds. The van der Waals surface area contributed by atoms with Crippen LogP contribution in [0, 0.1) is 18.8 Å². The lowest BCUT2D eigenvalue weighted by molar-refractivity contribution is -0.144. The van der Waals surface area contributed by atoms with Crippen molar-refractivity contribution < 1.29 is 17.7 Å². The van der Waals surface area contributed by atoms with Gasteiger partial charge in [0.1, 0.15) is 0 Å². The number of alkyl halides is 3. The predicted molar refractivity (Wildman–Crippen MR) is 66.0 cm³/mol. The maximum atomic E-state index is 12.4. The Bertz CT molecular complexity index is 460. The number of fused-ring (bicyclic) bond motifs is 1.